The summed E-state index contributed by atoms with van der Waals surface area (Å²) in [6.45, 7) is 0. The van der Waals surface area contributed by atoms with E-state index in [1.165, 1.54) is 0 Å². The molecule has 0 spiro atoms. The molecule has 0 aliphatic rings. The molecule has 0 saturated heterocycles. The minimum atomic E-state index is -0.331. The Bertz CT molecular complexity index is 623. The summed E-state index contributed by atoms with van der Waals surface area (Å²) >= 11 is 9.97. The number of anilines is 2. The lowest BCUT2D eigenvalue weighted by Gasteiger charge is -2.11. The highest BCUT2D eigenvalue weighted by atomic mass is 79.9. The lowest BCUT2D eigenvalue weighted by atomic mass is 10.2. The van der Waals surface area contributed by atoms with Crippen LogP contribution < -0.4 is 11.1 Å². The minimum Gasteiger partial charge on any atom is -0.397 e. The summed E-state index contributed by atoms with van der Waals surface area (Å²) in [4.78, 5) is 16.2. The Kier molecular flexibility index (Phi) is 4.59. The summed E-state index contributed by atoms with van der Waals surface area (Å²) in [5.41, 5.74) is 7.16. The maximum Gasteiger partial charge on any atom is 0.275 e. The van der Waals surface area contributed by atoms with E-state index in [1.54, 1.807) is 30.5 Å². The second-order valence-corrected chi connectivity index (χ2v) is 6.26. The van der Waals surface area contributed by atoms with Crippen molar-refractivity contribution in [3.05, 3.63) is 49.6 Å². The summed E-state index contributed by atoms with van der Waals surface area (Å²) in [6, 6.07) is 7.01. The lowest BCUT2D eigenvalue weighted by molar-refractivity contribution is 0.102. The van der Waals surface area contributed by atoms with Crippen LogP contribution in [0.1, 0.15) is 10.5 Å². The molecular formula is C12H8Br3N3O. The molecule has 1 amide bonds. The van der Waals surface area contributed by atoms with Gasteiger partial charge in [0.15, 0.2) is 0 Å². The molecule has 3 N–H and O–H groups in total. The van der Waals surface area contributed by atoms with E-state index in [9.17, 15) is 4.79 Å². The highest BCUT2D eigenvalue weighted by Gasteiger charge is 2.15. The van der Waals surface area contributed by atoms with Crippen molar-refractivity contribution in [1.82, 2.24) is 4.98 Å². The van der Waals surface area contributed by atoms with Crippen molar-refractivity contribution in [3.63, 3.8) is 0 Å². The summed E-state index contributed by atoms with van der Waals surface area (Å²) in [5.74, 6) is -0.331. The summed E-state index contributed by atoms with van der Waals surface area (Å²) < 4.78 is 2.15. The number of nitrogens with two attached hydrogens (primary N) is 1. The SMILES string of the molecule is Nc1cc(Br)cc(Br)c1NC(=O)c1ncccc1Br. The molecule has 0 bridgehead atoms. The number of nitrogen functional groups attached to an aromatic ring is 1. The van der Waals surface area contributed by atoms with Gasteiger partial charge < -0.3 is 11.1 Å². The topological polar surface area (TPSA) is 68.0 Å². The first kappa shape index (κ1) is 14.5. The molecule has 1 aromatic carbocycles. The molecule has 7 heteroatoms. The van der Waals surface area contributed by atoms with Gasteiger partial charge in [-0.2, -0.15) is 0 Å². The van der Waals surface area contributed by atoms with Crippen molar-refractivity contribution in [1.29, 1.82) is 0 Å². The maximum absolute atomic E-state index is 12.1. The smallest absolute Gasteiger partial charge is 0.275 e. The first-order valence-electron chi connectivity index (χ1n) is 5.15. The molecule has 19 heavy (non-hydrogen) atoms. The number of hydrogen-bond donors (Lipinski definition) is 2. The third-order valence-corrected chi connectivity index (χ3v) is 4.02. The average molecular weight is 450 g/mol. The first-order chi connectivity index (χ1) is 8.99. The number of nitrogens with one attached hydrogen (secondary N) is 1. The average Bonchev–Trinajstić information content (AvgIpc) is 2.34. The Labute approximate surface area is 135 Å². The minimum absolute atomic E-state index is 0.303. The van der Waals surface area contributed by atoms with Crippen molar-refractivity contribution in [2.45, 2.75) is 0 Å². The number of hydrogen-bond acceptors (Lipinski definition) is 3. The molecule has 4 nitrogen and oxygen atoms in total. The fraction of sp³-hybridized carbons (Fsp3) is 0. The van der Waals surface area contributed by atoms with Crippen LogP contribution in [0.15, 0.2) is 43.9 Å². The van der Waals surface area contributed by atoms with Crippen LogP contribution in [0.25, 0.3) is 0 Å². The van der Waals surface area contributed by atoms with E-state index >= 15 is 0 Å². The summed E-state index contributed by atoms with van der Waals surface area (Å²) in [6.07, 6.45) is 1.56. The van der Waals surface area contributed by atoms with Gasteiger partial charge in [-0.05, 0) is 56.1 Å². The van der Waals surface area contributed by atoms with Crippen LogP contribution >= 0.6 is 47.8 Å². The van der Waals surface area contributed by atoms with E-state index in [2.05, 4.69) is 58.1 Å². The number of benzene rings is 1. The van der Waals surface area contributed by atoms with Crippen LogP contribution in [0, 0.1) is 0 Å². The van der Waals surface area contributed by atoms with Gasteiger partial charge in [0, 0.05) is 19.6 Å². The highest BCUT2D eigenvalue weighted by Crippen LogP contribution is 2.33. The second kappa shape index (κ2) is 6.02. The molecule has 0 fully saturated rings. The number of amides is 1. The van der Waals surface area contributed by atoms with Gasteiger partial charge >= 0.3 is 0 Å². The van der Waals surface area contributed by atoms with Crippen molar-refractivity contribution in [2.24, 2.45) is 0 Å². The lowest BCUT2D eigenvalue weighted by Crippen LogP contribution is -2.15. The zero-order valence-electron chi connectivity index (χ0n) is 9.45. The van der Waals surface area contributed by atoms with Crippen LogP contribution in [0.5, 0.6) is 0 Å². The predicted molar refractivity (Wildman–Crippen MR) is 86.1 cm³/mol. The second-order valence-electron chi connectivity index (χ2n) is 3.64. The van der Waals surface area contributed by atoms with Crippen LogP contribution in [0.3, 0.4) is 0 Å². The zero-order valence-corrected chi connectivity index (χ0v) is 14.2. The van der Waals surface area contributed by atoms with Crippen LogP contribution in [0.2, 0.25) is 0 Å². The van der Waals surface area contributed by atoms with Crippen LogP contribution in [-0.4, -0.2) is 10.9 Å². The van der Waals surface area contributed by atoms with E-state index < -0.39 is 0 Å². The van der Waals surface area contributed by atoms with E-state index in [1.807, 2.05) is 0 Å². The van der Waals surface area contributed by atoms with Crippen molar-refractivity contribution in [2.75, 3.05) is 11.1 Å². The van der Waals surface area contributed by atoms with Crippen molar-refractivity contribution in [3.8, 4) is 0 Å². The fourth-order valence-electron chi connectivity index (χ4n) is 1.45. The fourth-order valence-corrected chi connectivity index (χ4v) is 3.24. The van der Waals surface area contributed by atoms with Crippen LogP contribution in [-0.2, 0) is 0 Å². The Hall–Kier alpha value is -0.920. The Balaban J connectivity index is 2.32. The molecule has 0 aliphatic carbocycles. The molecule has 2 rings (SSSR count). The third kappa shape index (κ3) is 3.34. The van der Waals surface area contributed by atoms with E-state index in [-0.39, 0.29) is 5.91 Å². The Morgan fingerprint density at radius 2 is 1.95 bits per heavy atom. The molecule has 1 heterocycles. The predicted octanol–water partition coefficient (Wildman–Crippen LogP) is 4.20. The van der Waals surface area contributed by atoms with Gasteiger partial charge in [0.25, 0.3) is 5.91 Å². The highest BCUT2D eigenvalue weighted by molar-refractivity contribution is 9.11. The number of aromatic nitrogens is 1. The molecule has 0 aliphatic heterocycles. The summed E-state index contributed by atoms with van der Waals surface area (Å²) in [7, 11) is 0. The molecular weight excluding hydrogens is 442 g/mol. The van der Waals surface area contributed by atoms with Crippen molar-refractivity contribution < 1.29 is 4.79 Å². The number of carbonyl (C=O) groups is 1. The van der Waals surface area contributed by atoms with E-state index in [0.29, 0.717) is 26.0 Å². The molecule has 98 valence electrons. The van der Waals surface area contributed by atoms with Gasteiger partial charge in [-0.3, -0.25) is 4.79 Å². The number of halogens is 3. The summed E-state index contributed by atoms with van der Waals surface area (Å²) in [5, 5.41) is 2.74. The number of rotatable bonds is 2. The molecule has 0 radical (unpaired) electrons. The monoisotopic (exact) mass is 447 g/mol. The Morgan fingerprint density at radius 1 is 1.21 bits per heavy atom. The zero-order chi connectivity index (χ0) is 14.0. The number of pyridine rings is 1. The number of carbonyl (C=O) groups excluding carboxylic acids is 1. The van der Waals surface area contributed by atoms with Crippen LogP contribution in [0.4, 0.5) is 11.4 Å². The van der Waals surface area contributed by atoms with Gasteiger partial charge in [0.1, 0.15) is 5.69 Å². The van der Waals surface area contributed by atoms with Gasteiger partial charge in [-0.25, -0.2) is 4.98 Å². The quantitative estimate of drug-likeness (QED) is 0.675. The van der Waals surface area contributed by atoms with Gasteiger partial charge in [0.05, 0.1) is 11.4 Å². The molecule has 2 aromatic rings. The van der Waals surface area contributed by atoms with Crippen molar-refractivity contribution >= 4 is 65.1 Å². The largest absolute Gasteiger partial charge is 0.397 e. The number of nitrogens with zero attached hydrogens (tertiary/aromatic N) is 1. The molecule has 1 aromatic heterocycles. The molecule has 0 atom stereocenters. The molecule has 0 unspecified atom stereocenters. The molecule has 0 saturated carbocycles. The van der Waals surface area contributed by atoms with Gasteiger partial charge in [-0.1, -0.05) is 15.9 Å². The normalized spacial score (nSPS) is 10.3. The van der Waals surface area contributed by atoms with Gasteiger partial charge in [0.2, 0.25) is 0 Å². The third-order valence-electron chi connectivity index (χ3n) is 2.30. The van der Waals surface area contributed by atoms with Gasteiger partial charge in [-0.15, -0.1) is 0 Å². The van der Waals surface area contributed by atoms with E-state index in [0.717, 1.165) is 4.47 Å². The first-order valence-corrected chi connectivity index (χ1v) is 7.53. The Morgan fingerprint density at radius 3 is 2.58 bits per heavy atom. The van der Waals surface area contributed by atoms with E-state index in [4.69, 9.17) is 5.73 Å². The maximum atomic E-state index is 12.1. The standard InChI is InChI=1S/C12H8Br3N3O/c13-6-4-8(15)10(9(16)5-6)18-12(19)11-7(14)2-1-3-17-11/h1-5H,16H2,(H,18,19).